The molecule has 0 bridgehead atoms. The number of rotatable bonds is 4. The first-order chi connectivity index (χ1) is 9.08. The van der Waals surface area contributed by atoms with Gasteiger partial charge in [-0.3, -0.25) is 9.59 Å². The van der Waals surface area contributed by atoms with Crippen LogP contribution >= 0.6 is 11.6 Å². The van der Waals surface area contributed by atoms with Crippen molar-refractivity contribution in [1.29, 1.82) is 0 Å². The maximum absolute atomic E-state index is 11.2. The van der Waals surface area contributed by atoms with Crippen molar-refractivity contribution in [3.8, 4) is 11.6 Å². The summed E-state index contributed by atoms with van der Waals surface area (Å²) in [6.07, 6.45) is 1.50. The van der Waals surface area contributed by atoms with Crippen LogP contribution in [-0.4, -0.2) is 16.0 Å². The second-order valence-electron chi connectivity index (χ2n) is 3.81. The molecule has 0 spiro atoms. The predicted molar refractivity (Wildman–Crippen MR) is 70.9 cm³/mol. The first-order valence-corrected chi connectivity index (χ1v) is 5.89. The lowest BCUT2D eigenvalue weighted by Crippen LogP contribution is -1.97. The van der Waals surface area contributed by atoms with E-state index in [0.29, 0.717) is 11.3 Å². The van der Waals surface area contributed by atoms with E-state index >= 15 is 0 Å². The maximum Gasteiger partial charge on any atom is 0.257 e. The van der Waals surface area contributed by atoms with Crippen LogP contribution in [0.4, 0.5) is 0 Å². The highest BCUT2D eigenvalue weighted by Crippen LogP contribution is 2.24. The molecule has 2 aromatic rings. The van der Waals surface area contributed by atoms with E-state index in [1.165, 1.54) is 19.2 Å². The van der Waals surface area contributed by atoms with Crippen LogP contribution in [0.2, 0.25) is 0 Å². The van der Waals surface area contributed by atoms with Crippen molar-refractivity contribution >= 4 is 22.6 Å². The van der Waals surface area contributed by atoms with Gasteiger partial charge in [0.05, 0.1) is 5.56 Å². The SMILES string of the molecule is CC(=O)c1ccc(Oc2ncccc2C(=O)Cl)cc1. The largest absolute Gasteiger partial charge is 0.438 e. The first kappa shape index (κ1) is 13.2. The number of ether oxygens (including phenoxy) is 1. The van der Waals surface area contributed by atoms with Crippen LogP contribution in [0.5, 0.6) is 11.6 Å². The number of hydrogen-bond acceptors (Lipinski definition) is 4. The lowest BCUT2D eigenvalue weighted by atomic mass is 10.1. The number of carbonyl (C=O) groups is 2. The van der Waals surface area contributed by atoms with Crippen molar-refractivity contribution in [2.24, 2.45) is 0 Å². The Kier molecular flexibility index (Phi) is 3.92. The summed E-state index contributed by atoms with van der Waals surface area (Å²) in [5.41, 5.74) is 0.779. The predicted octanol–water partition coefficient (Wildman–Crippen LogP) is 3.46. The van der Waals surface area contributed by atoms with Crippen molar-refractivity contribution in [2.45, 2.75) is 6.92 Å². The molecule has 1 aromatic carbocycles. The number of benzene rings is 1. The van der Waals surface area contributed by atoms with Gasteiger partial charge in [0, 0.05) is 11.8 Å². The van der Waals surface area contributed by atoms with E-state index in [-0.39, 0.29) is 17.2 Å². The van der Waals surface area contributed by atoms with Crippen LogP contribution < -0.4 is 4.74 Å². The minimum absolute atomic E-state index is 0.0268. The Balaban J connectivity index is 2.26. The Bertz CT molecular complexity index is 623. The topological polar surface area (TPSA) is 56.3 Å². The Morgan fingerprint density at radius 1 is 1.16 bits per heavy atom. The van der Waals surface area contributed by atoms with Gasteiger partial charge in [-0.15, -0.1) is 0 Å². The molecule has 0 unspecified atom stereocenters. The summed E-state index contributed by atoms with van der Waals surface area (Å²) >= 11 is 5.44. The number of ketones is 1. The third-order valence-corrected chi connectivity index (χ3v) is 2.66. The Hall–Kier alpha value is -2.20. The molecule has 0 radical (unpaired) electrons. The second-order valence-corrected chi connectivity index (χ2v) is 4.16. The standard InChI is InChI=1S/C14H10ClNO3/c1-9(17)10-4-6-11(7-5-10)19-14-12(13(15)18)3-2-8-16-14/h2-8H,1H3. The fraction of sp³-hybridized carbons (Fsp3) is 0.0714. The Morgan fingerprint density at radius 3 is 2.42 bits per heavy atom. The summed E-state index contributed by atoms with van der Waals surface area (Å²) in [6, 6.07) is 9.68. The number of Topliss-reactive ketones (excluding diaryl/α,β-unsaturated/α-hetero) is 1. The molecule has 1 aromatic heterocycles. The summed E-state index contributed by atoms with van der Waals surface area (Å²) in [6.45, 7) is 1.49. The van der Waals surface area contributed by atoms with Gasteiger partial charge in [-0.2, -0.15) is 0 Å². The maximum atomic E-state index is 11.2. The van der Waals surface area contributed by atoms with E-state index in [2.05, 4.69) is 4.98 Å². The van der Waals surface area contributed by atoms with Crippen LogP contribution in [0.1, 0.15) is 27.6 Å². The molecule has 19 heavy (non-hydrogen) atoms. The second kappa shape index (κ2) is 5.63. The van der Waals surface area contributed by atoms with Gasteiger partial charge in [0.25, 0.3) is 5.24 Å². The lowest BCUT2D eigenvalue weighted by molar-refractivity contribution is 0.101. The average molecular weight is 276 g/mol. The molecule has 2 rings (SSSR count). The zero-order chi connectivity index (χ0) is 13.8. The normalized spacial score (nSPS) is 10.0. The van der Waals surface area contributed by atoms with Crippen LogP contribution in [0.3, 0.4) is 0 Å². The number of pyridine rings is 1. The summed E-state index contributed by atoms with van der Waals surface area (Å²) in [5.74, 6) is 0.585. The highest BCUT2D eigenvalue weighted by molar-refractivity contribution is 6.68. The van der Waals surface area contributed by atoms with Crippen molar-refractivity contribution in [1.82, 2.24) is 4.98 Å². The van der Waals surface area contributed by atoms with Crippen LogP contribution in [0.15, 0.2) is 42.6 Å². The molecule has 0 atom stereocenters. The molecule has 0 saturated carbocycles. The molecule has 1 heterocycles. The minimum Gasteiger partial charge on any atom is -0.438 e. The van der Waals surface area contributed by atoms with E-state index in [0.717, 1.165) is 0 Å². The first-order valence-electron chi connectivity index (χ1n) is 5.51. The number of aromatic nitrogens is 1. The zero-order valence-electron chi connectivity index (χ0n) is 10.1. The lowest BCUT2D eigenvalue weighted by Gasteiger charge is -2.07. The van der Waals surface area contributed by atoms with Gasteiger partial charge in [0.1, 0.15) is 5.75 Å². The summed E-state index contributed by atoms with van der Waals surface area (Å²) in [7, 11) is 0. The van der Waals surface area contributed by atoms with Crippen molar-refractivity contribution in [3.63, 3.8) is 0 Å². The Morgan fingerprint density at radius 2 is 1.84 bits per heavy atom. The number of carbonyl (C=O) groups excluding carboxylic acids is 2. The smallest absolute Gasteiger partial charge is 0.257 e. The summed E-state index contributed by atoms with van der Waals surface area (Å²) in [4.78, 5) is 26.3. The summed E-state index contributed by atoms with van der Waals surface area (Å²) < 4.78 is 5.48. The number of halogens is 1. The summed E-state index contributed by atoms with van der Waals surface area (Å²) in [5, 5.41) is -0.636. The third kappa shape index (κ3) is 3.17. The quantitative estimate of drug-likeness (QED) is 0.633. The molecule has 0 amide bonds. The fourth-order valence-corrected chi connectivity index (χ4v) is 1.63. The van der Waals surface area contributed by atoms with E-state index in [1.54, 1.807) is 30.3 Å². The van der Waals surface area contributed by atoms with E-state index < -0.39 is 5.24 Å². The molecule has 5 heteroatoms. The van der Waals surface area contributed by atoms with Gasteiger partial charge < -0.3 is 4.74 Å². The molecular formula is C14H10ClNO3. The molecule has 0 fully saturated rings. The molecular weight excluding hydrogens is 266 g/mol. The molecule has 0 N–H and O–H groups in total. The average Bonchev–Trinajstić information content (AvgIpc) is 2.39. The van der Waals surface area contributed by atoms with E-state index in [4.69, 9.17) is 16.3 Å². The monoisotopic (exact) mass is 275 g/mol. The zero-order valence-corrected chi connectivity index (χ0v) is 10.8. The highest BCUT2D eigenvalue weighted by atomic mass is 35.5. The third-order valence-electron chi connectivity index (χ3n) is 2.46. The van der Waals surface area contributed by atoms with E-state index in [1.807, 2.05) is 0 Å². The molecule has 0 aliphatic rings. The molecule has 0 saturated heterocycles. The highest BCUT2D eigenvalue weighted by Gasteiger charge is 2.11. The fourth-order valence-electron chi connectivity index (χ4n) is 1.49. The van der Waals surface area contributed by atoms with Crippen molar-refractivity contribution in [2.75, 3.05) is 0 Å². The van der Waals surface area contributed by atoms with Crippen molar-refractivity contribution < 1.29 is 14.3 Å². The van der Waals surface area contributed by atoms with E-state index in [9.17, 15) is 9.59 Å². The van der Waals surface area contributed by atoms with Crippen LogP contribution in [0, 0.1) is 0 Å². The molecule has 0 aliphatic carbocycles. The van der Waals surface area contributed by atoms with Crippen LogP contribution in [0.25, 0.3) is 0 Å². The van der Waals surface area contributed by atoms with Gasteiger partial charge in [-0.05, 0) is 54.9 Å². The van der Waals surface area contributed by atoms with Gasteiger partial charge in [-0.1, -0.05) is 0 Å². The molecule has 96 valence electrons. The minimum atomic E-state index is -0.636. The molecule has 0 aliphatic heterocycles. The number of nitrogens with zero attached hydrogens (tertiary/aromatic N) is 1. The van der Waals surface area contributed by atoms with Gasteiger partial charge >= 0.3 is 0 Å². The van der Waals surface area contributed by atoms with Gasteiger partial charge in [-0.25, -0.2) is 4.98 Å². The van der Waals surface area contributed by atoms with Crippen molar-refractivity contribution in [3.05, 3.63) is 53.7 Å². The number of hydrogen-bond donors (Lipinski definition) is 0. The molecule has 4 nitrogen and oxygen atoms in total. The van der Waals surface area contributed by atoms with Gasteiger partial charge in [0.15, 0.2) is 5.78 Å². The van der Waals surface area contributed by atoms with Gasteiger partial charge in [0.2, 0.25) is 5.88 Å². The van der Waals surface area contributed by atoms with Crippen LogP contribution in [-0.2, 0) is 0 Å². The Labute approximate surface area is 115 Å².